The summed E-state index contributed by atoms with van der Waals surface area (Å²) >= 11 is 0. The SMILES string of the molecule is C=C1CC[C@H]2[C@](C)(CO)[C@H](O)CC[C@@]2(C)[C@H]1C/C=C1\C(=O)CO[C@H]1S(=O)(=O)O. The number of allylic oxidation sites excluding steroid dienone is 2. The van der Waals surface area contributed by atoms with Gasteiger partial charge < -0.3 is 14.9 Å². The second-order valence-corrected chi connectivity index (χ2v) is 10.5. The summed E-state index contributed by atoms with van der Waals surface area (Å²) in [7, 11) is -4.52. The monoisotopic (exact) mass is 414 g/mol. The van der Waals surface area contributed by atoms with Crippen molar-refractivity contribution in [3.05, 3.63) is 23.8 Å². The maximum Gasteiger partial charge on any atom is 0.296 e. The van der Waals surface area contributed by atoms with Crippen LogP contribution in [0, 0.1) is 22.7 Å². The molecule has 0 aromatic carbocycles. The molecule has 1 aliphatic heterocycles. The van der Waals surface area contributed by atoms with Gasteiger partial charge in [-0.15, -0.1) is 0 Å². The fourth-order valence-electron chi connectivity index (χ4n) is 5.79. The number of aliphatic hydroxyl groups is 2. The Morgan fingerprint density at radius 3 is 2.61 bits per heavy atom. The number of carbonyl (C=O) groups is 1. The van der Waals surface area contributed by atoms with Crippen LogP contribution in [0.2, 0.25) is 0 Å². The highest BCUT2D eigenvalue weighted by molar-refractivity contribution is 7.86. The fraction of sp³-hybridized carbons (Fsp3) is 0.750. The van der Waals surface area contributed by atoms with E-state index in [1.54, 1.807) is 6.08 Å². The van der Waals surface area contributed by atoms with Gasteiger partial charge in [0.2, 0.25) is 5.44 Å². The molecule has 0 unspecified atom stereocenters. The summed E-state index contributed by atoms with van der Waals surface area (Å²) in [6.45, 7) is 7.81. The Kier molecular flexibility index (Phi) is 5.66. The lowest BCUT2D eigenvalue weighted by Crippen LogP contribution is -2.57. The highest BCUT2D eigenvalue weighted by Crippen LogP contribution is 2.61. The van der Waals surface area contributed by atoms with Crippen LogP contribution in [-0.2, 0) is 19.6 Å². The van der Waals surface area contributed by atoms with Crippen molar-refractivity contribution in [2.45, 2.75) is 57.5 Å². The van der Waals surface area contributed by atoms with Crippen LogP contribution in [-0.4, -0.2) is 53.7 Å². The number of ether oxygens (including phenoxy) is 1. The minimum absolute atomic E-state index is 0.0208. The minimum Gasteiger partial charge on any atom is -0.396 e. The van der Waals surface area contributed by atoms with E-state index in [4.69, 9.17) is 4.74 Å². The van der Waals surface area contributed by atoms with Crippen molar-refractivity contribution >= 4 is 15.9 Å². The van der Waals surface area contributed by atoms with Gasteiger partial charge in [-0.1, -0.05) is 32.1 Å². The number of hydrogen-bond acceptors (Lipinski definition) is 6. The summed E-state index contributed by atoms with van der Waals surface area (Å²) in [6.07, 6.45) is 4.30. The summed E-state index contributed by atoms with van der Waals surface area (Å²) in [5, 5.41) is 20.6. The third kappa shape index (κ3) is 3.39. The van der Waals surface area contributed by atoms with Crippen molar-refractivity contribution in [1.29, 1.82) is 0 Å². The molecule has 0 aromatic rings. The first-order valence-electron chi connectivity index (χ1n) is 9.73. The number of aliphatic hydroxyl groups excluding tert-OH is 2. The molecule has 0 bridgehead atoms. The molecule has 7 nitrogen and oxygen atoms in total. The smallest absolute Gasteiger partial charge is 0.296 e. The largest absolute Gasteiger partial charge is 0.396 e. The van der Waals surface area contributed by atoms with E-state index in [1.807, 2.05) is 6.92 Å². The zero-order valence-corrected chi connectivity index (χ0v) is 17.2. The predicted molar refractivity (Wildman–Crippen MR) is 103 cm³/mol. The van der Waals surface area contributed by atoms with Gasteiger partial charge in [0.25, 0.3) is 10.1 Å². The van der Waals surface area contributed by atoms with Crippen molar-refractivity contribution in [3.8, 4) is 0 Å². The maximum absolute atomic E-state index is 12.1. The van der Waals surface area contributed by atoms with E-state index in [1.165, 1.54) is 0 Å². The number of rotatable bonds is 4. The third-order valence-corrected chi connectivity index (χ3v) is 8.41. The highest BCUT2D eigenvalue weighted by atomic mass is 32.2. The number of ketones is 1. The van der Waals surface area contributed by atoms with Gasteiger partial charge in [0, 0.05) is 11.0 Å². The zero-order chi connectivity index (χ0) is 20.9. The Hall–Kier alpha value is -1.06. The molecule has 2 aliphatic carbocycles. The van der Waals surface area contributed by atoms with Crippen molar-refractivity contribution in [2.75, 3.05) is 13.2 Å². The van der Waals surface area contributed by atoms with Crippen LogP contribution in [0.4, 0.5) is 0 Å². The molecule has 3 rings (SSSR count). The van der Waals surface area contributed by atoms with Crippen LogP contribution in [0.15, 0.2) is 23.8 Å². The number of Topliss-reactive ketones (excluding diaryl/α,β-unsaturated/α-hetero) is 1. The Balaban J connectivity index is 1.93. The molecule has 28 heavy (non-hydrogen) atoms. The second kappa shape index (κ2) is 7.32. The first-order chi connectivity index (χ1) is 12.9. The Labute approximate surface area is 166 Å². The lowest BCUT2D eigenvalue weighted by atomic mass is 9.46. The van der Waals surface area contributed by atoms with E-state index in [2.05, 4.69) is 13.5 Å². The summed E-state index contributed by atoms with van der Waals surface area (Å²) in [4.78, 5) is 12.1. The molecule has 3 aliphatic rings. The van der Waals surface area contributed by atoms with Gasteiger partial charge in [-0.3, -0.25) is 9.35 Å². The molecule has 1 saturated heterocycles. The van der Waals surface area contributed by atoms with Crippen LogP contribution in [0.5, 0.6) is 0 Å². The molecule has 0 aromatic heterocycles. The number of carbonyl (C=O) groups excluding carboxylic acids is 1. The van der Waals surface area contributed by atoms with Crippen molar-refractivity contribution in [1.82, 2.24) is 0 Å². The van der Waals surface area contributed by atoms with E-state index in [0.29, 0.717) is 12.8 Å². The van der Waals surface area contributed by atoms with E-state index >= 15 is 0 Å². The molecule has 3 fully saturated rings. The first kappa shape index (κ1) is 21.6. The predicted octanol–water partition coefficient (Wildman–Crippen LogP) is 1.86. The summed E-state index contributed by atoms with van der Waals surface area (Å²) in [6, 6.07) is 0. The lowest BCUT2D eigenvalue weighted by molar-refractivity contribution is -0.151. The van der Waals surface area contributed by atoms with Gasteiger partial charge in [-0.25, -0.2) is 0 Å². The third-order valence-electron chi connectivity index (χ3n) is 7.48. The molecule has 6 atom stereocenters. The average Bonchev–Trinajstić information content (AvgIpc) is 2.99. The molecule has 1 heterocycles. The van der Waals surface area contributed by atoms with E-state index < -0.39 is 32.9 Å². The van der Waals surface area contributed by atoms with Crippen LogP contribution in [0.25, 0.3) is 0 Å². The van der Waals surface area contributed by atoms with Gasteiger partial charge >= 0.3 is 0 Å². The van der Waals surface area contributed by atoms with Gasteiger partial charge in [-0.05, 0) is 49.4 Å². The van der Waals surface area contributed by atoms with Gasteiger partial charge in [-0.2, -0.15) is 8.42 Å². The Bertz CT molecular complexity index is 801. The normalized spacial score (nSPS) is 43.4. The van der Waals surface area contributed by atoms with Crippen LogP contribution in [0.1, 0.15) is 46.0 Å². The lowest BCUT2D eigenvalue weighted by Gasteiger charge is -2.59. The van der Waals surface area contributed by atoms with Crippen molar-refractivity contribution < 1.29 is 32.7 Å². The van der Waals surface area contributed by atoms with E-state index in [9.17, 15) is 28.0 Å². The molecule has 2 saturated carbocycles. The van der Waals surface area contributed by atoms with Gasteiger partial charge in [0.1, 0.15) is 6.61 Å². The zero-order valence-electron chi connectivity index (χ0n) is 16.4. The number of hydrogen-bond donors (Lipinski definition) is 3. The minimum atomic E-state index is -4.52. The first-order valence-corrected chi connectivity index (χ1v) is 11.2. The van der Waals surface area contributed by atoms with Crippen molar-refractivity contribution in [3.63, 3.8) is 0 Å². The van der Waals surface area contributed by atoms with Crippen LogP contribution >= 0.6 is 0 Å². The Morgan fingerprint density at radius 2 is 2.00 bits per heavy atom. The molecule has 3 N–H and O–H groups in total. The molecule has 8 heteroatoms. The van der Waals surface area contributed by atoms with Crippen LogP contribution < -0.4 is 0 Å². The second-order valence-electron chi connectivity index (χ2n) is 9.00. The molecule has 0 amide bonds. The highest BCUT2D eigenvalue weighted by Gasteiger charge is 2.57. The average molecular weight is 415 g/mol. The summed E-state index contributed by atoms with van der Waals surface area (Å²) in [5.41, 5.74) is -1.47. The van der Waals surface area contributed by atoms with Gasteiger partial charge in [0.15, 0.2) is 5.78 Å². The van der Waals surface area contributed by atoms with Crippen molar-refractivity contribution in [2.24, 2.45) is 22.7 Å². The van der Waals surface area contributed by atoms with E-state index in [-0.39, 0.29) is 36.0 Å². The topological polar surface area (TPSA) is 121 Å². The molecular weight excluding hydrogens is 384 g/mol. The number of fused-ring (bicyclic) bond motifs is 1. The molecule has 158 valence electrons. The quantitative estimate of drug-likeness (QED) is 0.365. The van der Waals surface area contributed by atoms with Gasteiger partial charge in [0.05, 0.1) is 12.7 Å². The maximum atomic E-state index is 12.1. The van der Waals surface area contributed by atoms with E-state index in [0.717, 1.165) is 24.8 Å². The molecule has 0 radical (unpaired) electrons. The summed E-state index contributed by atoms with van der Waals surface area (Å²) in [5.74, 6) is -0.381. The van der Waals surface area contributed by atoms with Crippen LogP contribution in [0.3, 0.4) is 0 Å². The molecule has 0 spiro atoms. The standard InChI is InChI=1S/C20H30O7S/c1-12-4-7-16-19(2,9-8-17(23)20(16,3)11-21)14(12)6-5-13-15(22)10-27-18(13)28(24,25)26/h5,14,16-18,21,23H,1,4,6-11H2,2-3H3,(H,24,25,26)/b13-5+/t14-,16+,17+,18-,19-,20-/m0/s1. The summed E-state index contributed by atoms with van der Waals surface area (Å²) < 4.78 is 37.3. The molecular formula is C20H30O7S. The Morgan fingerprint density at radius 1 is 1.32 bits per heavy atom. The fourth-order valence-corrected chi connectivity index (χ4v) is 6.58.